The summed E-state index contributed by atoms with van der Waals surface area (Å²) in [7, 11) is 0. The molecule has 0 bridgehead atoms. The molecule has 1 rings (SSSR count). The van der Waals surface area contributed by atoms with Crippen LogP contribution >= 0.6 is 0 Å². The Bertz CT molecular complexity index is 227. The fourth-order valence-corrected chi connectivity index (χ4v) is 0.907. The minimum absolute atomic E-state index is 0.157. The van der Waals surface area contributed by atoms with Crippen LogP contribution in [0.3, 0.4) is 0 Å². The third-order valence-corrected chi connectivity index (χ3v) is 1.60. The second kappa shape index (κ2) is 3.64. The molecule has 0 N–H and O–H groups in total. The van der Waals surface area contributed by atoms with E-state index in [1.54, 1.807) is 6.92 Å². The van der Waals surface area contributed by atoms with Crippen molar-refractivity contribution in [3.05, 3.63) is 0 Å². The standard InChI is InChI=1S/C7H9F3O4/c1-2-3-13-6(7(8,9)10)4-12-5(11)14-6/h2-4H2,1H3. The van der Waals surface area contributed by atoms with Crippen molar-refractivity contribution in [1.29, 1.82) is 0 Å². The van der Waals surface area contributed by atoms with Crippen molar-refractivity contribution in [2.75, 3.05) is 13.2 Å². The minimum Gasteiger partial charge on any atom is -0.427 e. The van der Waals surface area contributed by atoms with Crippen LogP contribution in [0.4, 0.5) is 18.0 Å². The Balaban J connectivity index is 2.75. The molecule has 0 aromatic carbocycles. The molecule has 1 atom stereocenters. The van der Waals surface area contributed by atoms with Gasteiger partial charge >= 0.3 is 18.1 Å². The Morgan fingerprint density at radius 1 is 1.57 bits per heavy atom. The van der Waals surface area contributed by atoms with Crippen LogP contribution in [0.2, 0.25) is 0 Å². The first-order valence-corrected chi connectivity index (χ1v) is 3.98. The van der Waals surface area contributed by atoms with Gasteiger partial charge in [-0.15, -0.1) is 0 Å². The Morgan fingerprint density at radius 2 is 2.21 bits per heavy atom. The van der Waals surface area contributed by atoms with Crippen molar-refractivity contribution in [3.8, 4) is 0 Å². The summed E-state index contributed by atoms with van der Waals surface area (Å²) in [6.45, 7) is 0.535. The van der Waals surface area contributed by atoms with Crippen LogP contribution in [0.5, 0.6) is 0 Å². The van der Waals surface area contributed by atoms with Gasteiger partial charge in [-0.3, -0.25) is 0 Å². The molecule has 7 heteroatoms. The van der Waals surface area contributed by atoms with E-state index in [1.807, 2.05) is 0 Å². The van der Waals surface area contributed by atoms with Crippen LogP contribution in [-0.4, -0.2) is 31.3 Å². The molecule has 0 amide bonds. The van der Waals surface area contributed by atoms with Gasteiger partial charge in [-0.1, -0.05) is 6.92 Å². The van der Waals surface area contributed by atoms with Crippen LogP contribution in [0.25, 0.3) is 0 Å². The first kappa shape index (κ1) is 11.1. The average molecular weight is 214 g/mol. The molecule has 1 aliphatic heterocycles. The molecular weight excluding hydrogens is 205 g/mol. The largest absolute Gasteiger partial charge is 0.511 e. The lowest BCUT2D eigenvalue weighted by atomic mass is 10.3. The molecule has 0 spiro atoms. The smallest absolute Gasteiger partial charge is 0.427 e. The number of carbonyl (C=O) groups excluding carboxylic acids is 1. The molecule has 0 aromatic heterocycles. The zero-order valence-electron chi connectivity index (χ0n) is 7.39. The van der Waals surface area contributed by atoms with E-state index in [9.17, 15) is 18.0 Å². The van der Waals surface area contributed by atoms with Crippen molar-refractivity contribution < 1.29 is 32.2 Å². The van der Waals surface area contributed by atoms with Crippen molar-refractivity contribution >= 4 is 6.16 Å². The van der Waals surface area contributed by atoms with Gasteiger partial charge in [-0.05, 0) is 6.42 Å². The number of halogens is 3. The summed E-state index contributed by atoms with van der Waals surface area (Å²) in [4.78, 5) is 10.4. The first-order chi connectivity index (χ1) is 6.41. The highest BCUT2D eigenvalue weighted by Crippen LogP contribution is 2.38. The summed E-state index contributed by atoms with van der Waals surface area (Å²) in [6, 6.07) is 0. The van der Waals surface area contributed by atoms with E-state index in [2.05, 4.69) is 14.2 Å². The van der Waals surface area contributed by atoms with Crippen LogP contribution in [0.1, 0.15) is 13.3 Å². The number of carbonyl (C=O) groups is 1. The summed E-state index contributed by atoms with van der Waals surface area (Å²) in [6.07, 6.45) is -5.76. The van der Waals surface area contributed by atoms with Gasteiger partial charge in [0.05, 0.1) is 6.61 Å². The fraction of sp³-hybridized carbons (Fsp3) is 0.857. The predicted octanol–water partition coefficient (Wildman–Crippen LogP) is 1.84. The van der Waals surface area contributed by atoms with Gasteiger partial charge < -0.3 is 14.2 Å². The number of cyclic esters (lactones) is 2. The first-order valence-electron chi connectivity index (χ1n) is 3.98. The van der Waals surface area contributed by atoms with Gasteiger partial charge in [-0.2, -0.15) is 13.2 Å². The molecule has 4 nitrogen and oxygen atoms in total. The van der Waals surface area contributed by atoms with E-state index in [1.165, 1.54) is 0 Å². The second-order valence-corrected chi connectivity index (χ2v) is 2.74. The van der Waals surface area contributed by atoms with Crippen LogP contribution in [0.15, 0.2) is 0 Å². The number of hydrogen-bond donors (Lipinski definition) is 0. The Morgan fingerprint density at radius 3 is 2.57 bits per heavy atom. The maximum Gasteiger partial charge on any atom is 0.511 e. The summed E-state index contributed by atoms with van der Waals surface area (Å²) < 4.78 is 49.9. The molecule has 1 unspecified atom stereocenters. The molecule has 0 aliphatic carbocycles. The molecule has 0 aromatic rings. The highest BCUT2D eigenvalue weighted by Gasteiger charge is 2.64. The summed E-state index contributed by atoms with van der Waals surface area (Å²) in [5, 5.41) is 0. The predicted molar refractivity (Wildman–Crippen MR) is 37.5 cm³/mol. The van der Waals surface area contributed by atoms with Crippen molar-refractivity contribution in [2.24, 2.45) is 0 Å². The third kappa shape index (κ3) is 1.92. The SMILES string of the molecule is CCCOC1(C(F)(F)F)COC(=O)O1. The van der Waals surface area contributed by atoms with E-state index in [4.69, 9.17) is 0 Å². The normalized spacial score (nSPS) is 27.3. The van der Waals surface area contributed by atoms with Gasteiger partial charge in [0.25, 0.3) is 0 Å². The second-order valence-electron chi connectivity index (χ2n) is 2.74. The lowest BCUT2D eigenvalue weighted by Gasteiger charge is -2.26. The summed E-state index contributed by atoms with van der Waals surface area (Å²) in [5.41, 5.74) is 0. The Hall–Kier alpha value is -0.980. The molecule has 1 fully saturated rings. The monoisotopic (exact) mass is 214 g/mol. The minimum atomic E-state index is -4.78. The van der Waals surface area contributed by atoms with Crippen molar-refractivity contribution in [1.82, 2.24) is 0 Å². The molecule has 1 saturated heterocycles. The third-order valence-electron chi connectivity index (χ3n) is 1.60. The number of ether oxygens (including phenoxy) is 3. The van der Waals surface area contributed by atoms with Gasteiger partial charge in [0.15, 0.2) is 6.61 Å². The van der Waals surface area contributed by atoms with Gasteiger partial charge in [0, 0.05) is 0 Å². The van der Waals surface area contributed by atoms with E-state index < -0.39 is 24.7 Å². The fourth-order valence-electron chi connectivity index (χ4n) is 0.907. The van der Waals surface area contributed by atoms with Crippen LogP contribution < -0.4 is 0 Å². The molecule has 0 radical (unpaired) electrons. The van der Waals surface area contributed by atoms with E-state index >= 15 is 0 Å². The van der Waals surface area contributed by atoms with Gasteiger partial charge in [0.2, 0.25) is 0 Å². The summed E-state index contributed by atoms with van der Waals surface area (Å²) in [5.74, 6) is -2.92. The van der Waals surface area contributed by atoms with Crippen LogP contribution in [-0.2, 0) is 14.2 Å². The topological polar surface area (TPSA) is 44.8 Å². The maximum atomic E-state index is 12.4. The molecule has 82 valence electrons. The zero-order chi connectivity index (χ0) is 10.8. The quantitative estimate of drug-likeness (QED) is 0.672. The lowest BCUT2D eigenvalue weighted by Crippen LogP contribution is -2.50. The number of hydrogen-bond acceptors (Lipinski definition) is 4. The average Bonchev–Trinajstić information content (AvgIpc) is 2.44. The molecule has 14 heavy (non-hydrogen) atoms. The molecule has 1 aliphatic rings. The lowest BCUT2D eigenvalue weighted by molar-refractivity contribution is -0.349. The molecule has 1 heterocycles. The van der Waals surface area contributed by atoms with Crippen molar-refractivity contribution in [2.45, 2.75) is 25.3 Å². The molecular formula is C7H9F3O4. The highest BCUT2D eigenvalue weighted by molar-refractivity contribution is 5.62. The number of alkyl halides is 3. The highest BCUT2D eigenvalue weighted by atomic mass is 19.4. The van der Waals surface area contributed by atoms with Gasteiger partial charge in [-0.25, -0.2) is 4.79 Å². The van der Waals surface area contributed by atoms with E-state index in [0.29, 0.717) is 6.42 Å². The zero-order valence-corrected chi connectivity index (χ0v) is 7.39. The summed E-state index contributed by atoms with van der Waals surface area (Å²) >= 11 is 0. The van der Waals surface area contributed by atoms with Gasteiger partial charge in [0.1, 0.15) is 0 Å². The Labute approximate surface area is 77.9 Å². The van der Waals surface area contributed by atoms with E-state index in [-0.39, 0.29) is 6.61 Å². The van der Waals surface area contributed by atoms with Crippen molar-refractivity contribution in [3.63, 3.8) is 0 Å². The maximum absolute atomic E-state index is 12.4. The van der Waals surface area contributed by atoms with E-state index in [0.717, 1.165) is 0 Å². The Kier molecular flexibility index (Phi) is 2.89. The number of rotatable bonds is 3. The van der Waals surface area contributed by atoms with Crippen LogP contribution in [0, 0.1) is 0 Å². The molecule has 0 saturated carbocycles.